The van der Waals surface area contributed by atoms with Gasteiger partial charge in [0.2, 0.25) is 15.9 Å². The molecule has 1 fully saturated rings. The SMILES string of the molecule is Cc1nc2cc(NC(=O)/C=C/c3ccc(N4CCCS4(=O)=O)cc3)ccc2o1. The van der Waals surface area contributed by atoms with Crippen LogP contribution in [-0.4, -0.2) is 31.6 Å². The molecule has 1 aromatic heterocycles. The zero-order chi connectivity index (χ0) is 19.7. The Hall–Kier alpha value is -3.13. The van der Waals surface area contributed by atoms with Crippen molar-refractivity contribution in [1.29, 1.82) is 0 Å². The van der Waals surface area contributed by atoms with Crippen LogP contribution in [-0.2, 0) is 14.8 Å². The van der Waals surface area contributed by atoms with Crippen molar-refractivity contribution in [1.82, 2.24) is 4.98 Å². The number of rotatable bonds is 4. The topological polar surface area (TPSA) is 92.5 Å². The fourth-order valence-electron chi connectivity index (χ4n) is 3.16. The largest absolute Gasteiger partial charge is 0.441 e. The molecular formula is C20H19N3O4S. The molecular weight excluding hydrogens is 378 g/mol. The summed E-state index contributed by atoms with van der Waals surface area (Å²) < 4.78 is 30.8. The van der Waals surface area contributed by atoms with E-state index in [0.717, 1.165) is 5.56 Å². The van der Waals surface area contributed by atoms with E-state index in [0.29, 0.717) is 41.3 Å². The van der Waals surface area contributed by atoms with Crippen molar-refractivity contribution >= 4 is 44.5 Å². The predicted octanol–water partition coefficient (Wildman–Crippen LogP) is 3.33. The second-order valence-corrected chi connectivity index (χ2v) is 8.58. The van der Waals surface area contributed by atoms with Gasteiger partial charge >= 0.3 is 0 Å². The summed E-state index contributed by atoms with van der Waals surface area (Å²) in [6.07, 6.45) is 3.75. The number of sulfonamides is 1. The molecule has 3 aromatic rings. The molecule has 7 nitrogen and oxygen atoms in total. The Morgan fingerprint density at radius 3 is 2.71 bits per heavy atom. The van der Waals surface area contributed by atoms with Gasteiger partial charge in [-0.05, 0) is 48.4 Å². The maximum Gasteiger partial charge on any atom is 0.248 e. The minimum Gasteiger partial charge on any atom is -0.441 e. The van der Waals surface area contributed by atoms with Crippen LogP contribution in [0.5, 0.6) is 0 Å². The molecule has 0 spiro atoms. The number of carbonyl (C=O) groups excluding carboxylic acids is 1. The maximum absolute atomic E-state index is 12.2. The highest BCUT2D eigenvalue weighted by Crippen LogP contribution is 2.24. The number of amides is 1. The van der Waals surface area contributed by atoms with Crippen LogP contribution in [0.2, 0.25) is 0 Å². The number of aromatic nitrogens is 1. The summed E-state index contributed by atoms with van der Waals surface area (Å²) in [6, 6.07) is 12.4. The molecule has 28 heavy (non-hydrogen) atoms. The first-order chi connectivity index (χ1) is 13.4. The number of nitrogens with one attached hydrogen (secondary N) is 1. The van der Waals surface area contributed by atoms with E-state index < -0.39 is 10.0 Å². The van der Waals surface area contributed by atoms with E-state index in [-0.39, 0.29) is 11.7 Å². The van der Waals surface area contributed by atoms with Crippen molar-refractivity contribution in [2.24, 2.45) is 0 Å². The van der Waals surface area contributed by atoms with Gasteiger partial charge < -0.3 is 9.73 Å². The molecule has 0 atom stereocenters. The monoisotopic (exact) mass is 397 g/mol. The zero-order valence-electron chi connectivity index (χ0n) is 15.3. The second-order valence-electron chi connectivity index (χ2n) is 6.57. The van der Waals surface area contributed by atoms with Gasteiger partial charge in [0.1, 0.15) is 5.52 Å². The Bertz CT molecular complexity index is 1160. The fraction of sp³-hybridized carbons (Fsp3) is 0.200. The quantitative estimate of drug-likeness (QED) is 0.682. The Labute approximate surface area is 162 Å². The number of fused-ring (bicyclic) bond motifs is 1. The summed E-state index contributed by atoms with van der Waals surface area (Å²) in [7, 11) is -3.19. The molecule has 2 aromatic carbocycles. The van der Waals surface area contributed by atoms with Gasteiger partial charge in [-0.3, -0.25) is 9.10 Å². The molecule has 144 valence electrons. The molecule has 0 radical (unpaired) electrons. The summed E-state index contributed by atoms with van der Waals surface area (Å²) in [6.45, 7) is 2.28. The lowest BCUT2D eigenvalue weighted by molar-refractivity contribution is -0.111. The summed E-state index contributed by atoms with van der Waals surface area (Å²) in [5.41, 5.74) is 3.44. The third kappa shape index (κ3) is 3.77. The summed E-state index contributed by atoms with van der Waals surface area (Å²) >= 11 is 0. The van der Waals surface area contributed by atoms with Crippen molar-refractivity contribution in [2.75, 3.05) is 21.9 Å². The van der Waals surface area contributed by atoms with E-state index in [1.807, 2.05) is 0 Å². The molecule has 0 unspecified atom stereocenters. The van der Waals surface area contributed by atoms with Crippen LogP contribution in [0.3, 0.4) is 0 Å². The van der Waals surface area contributed by atoms with Crippen LogP contribution in [0.15, 0.2) is 53.0 Å². The number of carbonyl (C=O) groups is 1. The highest BCUT2D eigenvalue weighted by Gasteiger charge is 2.28. The number of oxazole rings is 1. The number of nitrogens with zero attached hydrogens (tertiary/aromatic N) is 2. The molecule has 1 aliphatic heterocycles. The lowest BCUT2D eigenvalue weighted by atomic mass is 10.2. The van der Waals surface area contributed by atoms with Gasteiger partial charge in [-0.2, -0.15) is 0 Å². The summed E-state index contributed by atoms with van der Waals surface area (Å²) in [5, 5.41) is 2.79. The normalized spacial score (nSPS) is 16.1. The fourth-order valence-corrected chi connectivity index (χ4v) is 4.72. The van der Waals surface area contributed by atoms with E-state index >= 15 is 0 Å². The van der Waals surface area contributed by atoms with Gasteiger partial charge in [0.15, 0.2) is 11.5 Å². The van der Waals surface area contributed by atoms with Gasteiger partial charge in [-0.25, -0.2) is 13.4 Å². The van der Waals surface area contributed by atoms with E-state index in [9.17, 15) is 13.2 Å². The highest BCUT2D eigenvalue weighted by atomic mass is 32.2. The van der Waals surface area contributed by atoms with Crippen LogP contribution in [0.25, 0.3) is 17.2 Å². The van der Waals surface area contributed by atoms with Crippen LogP contribution in [0.4, 0.5) is 11.4 Å². The lowest BCUT2D eigenvalue weighted by Crippen LogP contribution is -2.24. The molecule has 0 aliphatic carbocycles. The van der Waals surface area contributed by atoms with Gasteiger partial charge in [-0.1, -0.05) is 12.1 Å². The molecule has 1 amide bonds. The molecule has 0 saturated carbocycles. The average molecular weight is 397 g/mol. The van der Waals surface area contributed by atoms with Gasteiger partial charge in [0.05, 0.1) is 11.4 Å². The van der Waals surface area contributed by atoms with E-state index in [4.69, 9.17) is 4.42 Å². The van der Waals surface area contributed by atoms with Crippen molar-refractivity contribution < 1.29 is 17.6 Å². The zero-order valence-corrected chi connectivity index (χ0v) is 16.1. The van der Waals surface area contributed by atoms with E-state index in [1.165, 1.54) is 10.4 Å². The van der Waals surface area contributed by atoms with Crippen molar-refractivity contribution in [3.63, 3.8) is 0 Å². The lowest BCUT2D eigenvalue weighted by Gasteiger charge is -2.16. The van der Waals surface area contributed by atoms with Crippen LogP contribution in [0.1, 0.15) is 17.9 Å². The van der Waals surface area contributed by atoms with Crippen molar-refractivity contribution in [2.45, 2.75) is 13.3 Å². The second kappa shape index (κ2) is 7.12. The van der Waals surface area contributed by atoms with Crippen LogP contribution < -0.4 is 9.62 Å². The highest BCUT2D eigenvalue weighted by molar-refractivity contribution is 7.93. The number of hydrogen-bond acceptors (Lipinski definition) is 5. The standard InChI is InChI=1S/C20H19N3O4S/c1-14-21-18-13-16(6-9-19(18)27-14)22-20(24)10-5-15-3-7-17(8-4-15)23-11-2-12-28(23,25)26/h3-10,13H,2,11-12H2,1H3,(H,22,24)/b10-5+. The smallest absolute Gasteiger partial charge is 0.248 e. The summed E-state index contributed by atoms with van der Waals surface area (Å²) in [4.78, 5) is 16.4. The molecule has 1 saturated heterocycles. The molecule has 2 heterocycles. The minimum absolute atomic E-state index is 0.189. The van der Waals surface area contributed by atoms with Crippen LogP contribution >= 0.6 is 0 Å². The first kappa shape index (κ1) is 18.2. The Morgan fingerprint density at radius 1 is 1.21 bits per heavy atom. The Morgan fingerprint density at radius 2 is 2.00 bits per heavy atom. The molecule has 1 N–H and O–H groups in total. The molecule has 4 rings (SSSR count). The minimum atomic E-state index is -3.19. The maximum atomic E-state index is 12.2. The Kier molecular flexibility index (Phi) is 4.64. The van der Waals surface area contributed by atoms with E-state index in [1.54, 1.807) is 55.5 Å². The van der Waals surface area contributed by atoms with E-state index in [2.05, 4.69) is 10.3 Å². The first-order valence-corrected chi connectivity index (χ1v) is 10.5. The predicted molar refractivity (Wildman–Crippen MR) is 109 cm³/mol. The van der Waals surface area contributed by atoms with Gasteiger partial charge in [0.25, 0.3) is 0 Å². The van der Waals surface area contributed by atoms with Crippen molar-refractivity contribution in [3.05, 3.63) is 60.0 Å². The van der Waals surface area contributed by atoms with Gasteiger partial charge in [0, 0.05) is 25.2 Å². The first-order valence-electron chi connectivity index (χ1n) is 8.87. The number of benzene rings is 2. The van der Waals surface area contributed by atoms with Crippen molar-refractivity contribution in [3.8, 4) is 0 Å². The molecule has 8 heteroatoms. The van der Waals surface area contributed by atoms with Crippen LogP contribution in [0, 0.1) is 6.92 Å². The average Bonchev–Trinajstić information content (AvgIpc) is 3.20. The third-order valence-electron chi connectivity index (χ3n) is 4.47. The van der Waals surface area contributed by atoms with Gasteiger partial charge in [-0.15, -0.1) is 0 Å². The number of hydrogen-bond donors (Lipinski definition) is 1. The number of aryl methyl sites for hydroxylation is 1. The Balaban J connectivity index is 1.42. The molecule has 1 aliphatic rings. The third-order valence-corrected chi connectivity index (χ3v) is 6.34. The molecule has 0 bridgehead atoms. The summed E-state index contributed by atoms with van der Waals surface area (Å²) in [5.74, 6) is 0.489. The number of anilines is 2.